The standard InChI is InChI=1S/C16H27N5/c1-6-12-9-13(20(5)18-12)10-21-15(8-3)16(11(4)17)14(7-2)19-21/h9,11H,6-8,10,17H2,1-5H3. The lowest BCUT2D eigenvalue weighted by Crippen LogP contribution is -2.12. The largest absolute Gasteiger partial charge is 0.324 e. The van der Waals surface area contributed by atoms with Crippen molar-refractivity contribution in [2.24, 2.45) is 12.8 Å². The normalized spacial score (nSPS) is 12.9. The topological polar surface area (TPSA) is 61.7 Å². The van der Waals surface area contributed by atoms with Gasteiger partial charge in [-0.1, -0.05) is 20.8 Å². The molecule has 0 saturated carbocycles. The summed E-state index contributed by atoms with van der Waals surface area (Å²) in [5.74, 6) is 0. The van der Waals surface area contributed by atoms with Crippen molar-refractivity contribution in [2.75, 3.05) is 0 Å². The number of nitrogens with two attached hydrogens (primary N) is 1. The summed E-state index contributed by atoms with van der Waals surface area (Å²) in [5.41, 5.74) is 12.1. The zero-order valence-electron chi connectivity index (χ0n) is 13.8. The molecule has 2 aromatic rings. The third-order valence-corrected chi connectivity index (χ3v) is 4.00. The Bertz CT molecular complexity index is 606. The Kier molecular flexibility index (Phi) is 4.83. The second kappa shape index (κ2) is 6.43. The van der Waals surface area contributed by atoms with Crippen molar-refractivity contribution in [1.29, 1.82) is 0 Å². The van der Waals surface area contributed by atoms with Gasteiger partial charge in [-0.25, -0.2) is 0 Å². The molecule has 2 rings (SSSR count). The van der Waals surface area contributed by atoms with Gasteiger partial charge in [0.15, 0.2) is 0 Å². The quantitative estimate of drug-likeness (QED) is 0.888. The second-order valence-corrected chi connectivity index (χ2v) is 5.56. The molecule has 116 valence electrons. The number of hydrogen-bond donors (Lipinski definition) is 1. The van der Waals surface area contributed by atoms with Crippen LogP contribution in [-0.4, -0.2) is 19.6 Å². The van der Waals surface area contributed by atoms with E-state index >= 15 is 0 Å². The van der Waals surface area contributed by atoms with Crippen LogP contribution in [0.3, 0.4) is 0 Å². The Labute approximate surface area is 127 Å². The van der Waals surface area contributed by atoms with Gasteiger partial charge in [-0.05, 0) is 32.3 Å². The van der Waals surface area contributed by atoms with Crippen molar-refractivity contribution in [3.05, 3.63) is 34.4 Å². The smallest absolute Gasteiger partial charge is 0.0831 e. The third-order valence-electron chi connectivity index (χ3n) is 4.00. The van der Waals surface area contributed by atoms with Gasteiger partial charge in [0, 0.05) is 24.3 Å². The molecule has 21 heavy (non-hydrogen) atoms. The van der Waals surface area contributed by atoms with E-state index in [1.54, 1.807) is 0 Å². The van der Waals surface area contributed by atoms with Crippen LogP contribution in [-0.2, 0) is 32.9 Å². The summed E-state index contributed by atoms with van der Waals surface area (Å²) in [4.78, 5) is 0. The van der Waals surface area contributed by atoms with E-state index in [1.165, 1.54) is 17.0 Å². The van der Waals surface area contributed by atoms with Crippen molar-refractivity contribution < 1.29 is 0 Å². The van der Waals surface area contributed by atoms with Gasteiger partial charge in [-0.15, -0.1) is 0 Å². The van der Waals surface area contributed by atoms with Crippen LogP contribution >= 0.6 is 0 Å². The first-order valence-electron chi connectivity index (χ1n) is 7.87. The van der Waals surface area contributed by atoms with E-state index in [0.717, 1.165) is 37.2 Å². The predicted octanol–water partition coefficient (Wildman–Crippen LogP) is 2.37. The molecule has 1 unspecified atom stereocenters. The van der Waals surface area contributed by atoms with Crippen LogP contribution in [0.2, 0.25) is 0 Å². The third kappa shape index (κ3) is 3.02. The van der Waals surface area contributed by atoms with Gasteiger partial charge >= 0.3 is 0 Å². The Morgan fingerprint density at radius 3 is 2.33 bits per heavy atom. The zero-order valence-corrected chi connectivity index (χ0v) is 13.8. The predicted molar refractivity (Wildman–Crippen MR) is 85.3 cm³/mol. The minimum Gasteiger partial charge on any atom is -0.324 e. The first-order valence-corrected chi connectivity index (χ1v) is 7.87. The van der Waals surface area contributed by atoms with Crippen LogP contribution in [0.15, 0.2) is 6.07 Å². The van der Waals surface area contributed by atoms with Crippen LogP contribution in [0.5, 0.6) is 0 Å². The van der Waals surface area contributed by atoms with Crippen molar-refractivity contribution in [1.82, 2.24) is 19.6 Å². The maximum Gasteiger partial charge on any atom is 0.0831 e. The highest BCUT2D eigenvalue weighted by Gasteiger charge is 2.19. The molecule has 0 aromatic carbocycles. The number of aryl methyl sites for hydroxylation is 3. The van der Waals surface area contributed by atoms with Crippen LogP contribution < -0.4 is 5.73 Å². The molecular weight excluding hydrogens is 262 g/mol. The summed E-state index contributed by atoms with van der Waals surface area (Å²) in [7, 11) is 2.00. The monoisotopic (exact) mass is 289 g/mol. The van der Waals surface area contributed by atoms with Crippen LogP contribution in [0.25, 0.3) is 0 Å². The van der Waals surface area contributed by atoms with E-state index < -0.39 is 0 Å². The number of aromatic nitrogens is 4. The van der Waals surface area contributed by atoms with E-state index in [0.29, 0.717) is 0 Å². The highest BCUT2D eigenvalue weighted by atomic mass is 15.3. The molecule has 0 saturated heterocycles. The highest BCUT2D eigenvalue weighted by molar-refractivity contribution is 5.30. The lowest BCUT2D eigenvalue weighted by molar-refractivity contribution is 0.591. The molecule has 5 nitrogen and oxygen atoms in total. The van der Waals surface area contributed by atoms with Gasteiger partial charge in [0.25, 0.3) is 0 Å². The van der Waals surface area contributed by atoms with Crippen LogP contribution in [0.4, 0.5) is 0 Å². The molecule has 0 aliphatic rings. The fourth-order valence-corrected chi connectivity index (χ4v) is 2.90. The minimum atomic E-state index is 0.0291. The number of rotatable bonds is 6. The molecule has 0 amide bonds. The Morgan fingerprint density at radius 1 is 1.14 bits per heavy atom. The van der Waals surface area contributed by atoms with E-state index in [-0.39, 0.29) is 6.04 Å². The molecule has 0 fully saturated rings. The van der Waals surface area contributed by atoms with Crippen molar-refractivity contribution in [3.63, 3.8) is 0 Å². The van der Waals surface area contributed by atoms with Gasteiger partial charge in [0.05, 0.1) is 23.6 Å². The van der Waals surface area contributed by atoms with E-state index in [4.69, 9.17) is 10.8 Å². The van der Waals surface area contributed by atoms with Crippen molar-refractivity contribution in [3.8, 4) is 0 Å². The van der Waals surface area contributed by atoms with Gasteiger partial charge < -0.3 is 5.73 Å². The Morgan fingerprint density at radius 2 is 1.86 bits per heavy atom. The van der Waals surface area contributed by atoms with Gasteiger partial charge in [-0.2, -0.15) is 10.2 Å². The molecule has 1 atom stereocenters. The molecule has 0 bridgehead atoms. The molecule has 0 spiro atoms. The molecule has 0 aliphatic heterocycles. The summed E-state index contributed by atoms with van der Waals surface area (Å²) in [6.45, 7) is 9.23. The number of hydrogen-bond acceptors (Lipinski definition) is 3. The van der Waals surface area contributed by atoms with Gasteiger partial charge in [0.1, 0.15) is 0 Å². The second-order valence-electron chi connectivity index (χ2n) is 5.56. The van der Waals surface area contributed by atoms with Crippen molar-refractivity contribution >= 4 is 0 Å². The number of nitrogens with zero attached hydrogens (tertiary/aromatic N) is 4. The molecule has 0 aliphatic carbocycles. The van der Waals surface area contributed by atoms with Gasteiger partial charge in [-0.3, -0.25) is 9.36 Å². The van der Waals surface area contributed by atoms with Crippen LogP contribution in [0.1, 0.15) is 62.1 Å². The first kappa shape index (κ1) is 15.8. The minimum absolute atomic E-state index is 0.0291. The molecular formula is C16H27N5. The first-order chi connectivity index (χ1) is 10.0. The van der Waals surface area contributed by atoms with Crippen LogP contribution in [0, 0.1) is 0 Å². The lowest BCUT2D eigenvalue weighted by Gasteiger charge is -2.10. The average Bonchev–Trinajstić information content (AvgIpc) is 2.99. The molecule has 0 radical (unpaired) electrons. The fraction of sp³-hybridized carbons (Fsp3) is 0.625. The zero-order chi connectivity index (χ0) is 15.6. The van der Waals surface area contributed by atoms with Gasteiger partial charge in [0.2, 0.25) is 0 Å². The summed E-state index contributed by atoms with van der Waals surface area (Å²) in [6, 6.07) is 2.19. The molecule has 2 aromatic heterocycles. The summed E-state index contributed by atoms with van der Waals surface area (Å²) >= 11 is 0. The highest BCUT2D eigenvalue weighted by Crippen LogP contribution is 2.23. The van der Waals surface area contributed by atoms with Crippen molar-refractivity contribution in [2.45, 2.75) is 59.5 Å². The Balaban J connectivity index is 2.41. The molecule has 5 heteroatoms. The maximum absolute atomic E-state index is 6.16. The maximum atomic E-state index is 6.16. The summed E-state index contributed by atoms with van der Waals surface area (Å²) < 4.78 is 4.06. The Hall–Kier alpha value is -1.62. The lowest BCUT2D eigenvalue weighted by atomic mass is 10.0. The summed E-state index contributed by atoms with van der Waals surface area (Å²) in [6.07, 6.45) is 2.82. The fourth-order valence-electron chi connectivity index (χ4n) is 2.90. The molecule has 2 heterocycles. The molecule has 2 N–H and O–H groups in total. The van der Waals surface area contributed by atoms with E-state index in [1.807, 2.05) is 18.7 Å². The van der Waals surface area contributed by atoms with E-state index in [2.05, 4.69) is 36.6 Å². The SMILES string of the molecule is CCc1cc(Cn2nc(CC)c(C(C)N)c2CC)n(C)n1. The summed E-state index contributed by atoms with van der Waals surface area (Å²) in [5, 5.41) is 9.30. The van der Waals surface area contributed by atoms with E-state index in [9.17, 15) is 0 Å². The average molecular weight is 289 g/mol.